The van der Waals surface area contributed by atoms with Crippen LogP contribution in [0.25, 0.3) is 0 Å². The number of hydrogen-bond donors (Lipinski definition) is 2. The molecular weight excluding hydrogens is 309 g/mol. The molecule has 8 heteroatoms. The fourth-order valence-electron chi connectivity index (χ4n) is 1.67. The summed E-state index contributed by atoms with van der Waals surface area (Å²) in [5, 5.41) is 11.4. The minimum absolute atomic E-state index is 0.0352. The van der Waals surface area contributed by atoms with Crippen LogP contribution in [0.4, 0.5) is 24.7 Å². The van der Waals surface area contributed by atoms with Gasteiger partial charge < -0.3 is 10.4 Å². The summed E-state index contributed by atoms with van der Waals surface area (Å²) in [7, 11) is 0. The van der Waals surface area contributed by atoms with E-state index in [2.05, 4.69) is 10.3 Å². The van der Waals surface area contributed by atoms with E-state index in [9.17, 15) is 18.0 Å². The molecule has 21 heavy (non-hydrogen) atoms. The predicted molar refractivity (Wildman–Crippen MR) is 70.9 cm³/mol. The Labute approximate surface area is 122 Å². The zero-order valence-corrected chi connectivity index (χ0v) is 11.0. The number of aromatic carboxylic acids is 1. The van der Waals surface area contributed by atoms with Crippen LogP contribution in [0.3, 0.4) is 0 Å². The van der Waals surface area contributed by atoms with Crippen LogP contribution in [0.5, 0.6) is 0 Å². The lowest BCUT2D eigenvalue weighted by molar-refractivity contribution is -0.136. The van der Waals surface area contributed by atoms with E-state index in [0.29, 0.717) is 0 Å². The summed E-state index contributed by atoms with van der Waals surface area (Å²) >= 11 is 5.65. The molecule has 0 fully saturated rings. The summed E-state index contributed by atoms with van der Waals surface area (Å²) in [6, 6.07) is 7.09. The van der Waals surface area contributed by atoms with E-state index < -0.39 is 17.7 Å². The van der Waals surface area contributed by atoms with Crippen molar-refractivity contribution < 1.29 is 23.1 Å². The number of benzene rings is 1. The average Bonchev–Trinajstić information content (AvgIpc) is 2.37. The van der Waals surface area contributed by atoms with Crippen molar-refractivity contribution in [3.05, 3.63) is 52.7 Å². The molecule has 1 aromatic carbocycles. The van der Waals surface area contributed by atoms with E-state index in [4.69, 9.17) is 16.7 Å². The van der Waals surface area contributed by atoms with Crippen molar-refractivity contribution in [2.75, 3.05) is 5.32 Å². The monoisotopic (exact) mass is 316 g/mol. The Bertz CT molecular complexity index is 689. The topological polar surface area (TPSA) is 62.2 Å². The second kappa shape index (κ2) is 5.61. The van der Waals surface area contributed by atoms with E-state index in [-0.39, 0.29) is 22.2 Å². The first-order valence-electron chi connectivity index (χ1n) is 5.62. The molecule has 0 bridgehead atoms. The smallest absolute Gasteiger partial charge is 0.418 e. The second-order valence-electron chi connectivity index (χ2n) is 4.00. The van der Waals surface area contributed by atoms with Crippen molar-refractivity contribution in [3.8, 4) is 0 Å². The van der Waals surface area contributed by atoms with Gasteiger partial charge in [-0.3, -0.25) is 0 Å². The fourth-order valence-corrected chi connectivity index (χ4v) is 1.82. The third kappa shape index (κ3) is 3.43. The van der Waals surface area contributed by atoms with Gasteiger partial charge >= 0.3 is 12.1 Å². The third-order valence-corrected chi connectivity index (χ3v) is 2.79. The lowest BCUT2D eigenvalue weighted by Gasteiger charge is -2.15. The van der Waals surface area contributed by atoms with Gasteiger partial charge in [0.25, 0.3) is 0 Å². The van der Waals surface area contributed by atoms with Crippen LogP contribution in [0, 0.1) is 0 Å². The summed E-state index contributed by atoms with van der Waals surface area (Å²) in [6.45, 7) is 0. The fraction of sp³-hybridized carbons (Fsp3) is 0.0769. The Kier molecular flexibility index (Phi) is 4.04. The van der Waals surface area contributed by atoms with Crippen LogP contribution >= 0.6 is 11.6 Å². The Hall–Kier alpha value is -2.28. The Balaban J connectivity index is 2.49. The van der Waals surface area contributed by atoms with E-state index >= 15 is 0 Å². The molecule has 2 aromatic rings. The number of nitrogens with zero attached hydrogens (tertiary/aromatic N) is 1. The van der Waals surface area contributed by atoms with E-state index in [0.717, 1.165) is 12.1 Å². The minimum atomic E-state index is -4.58. The Morgan fingerprint density at radius 1 is 1.19 bits per heavy atom. The van der Waals surface area contributed by atoms with Crippen molar-refractivity contribution >= 4 is 29.1 Å². The summed E-state index contributed by atoms with van der Waals surface area (Å²) < 4.78 is 38.7. The number of carboxylic acid groups (broad SMARTS) is 1. The second-order valence-corrected chi connectivity index (χ2v) is 4.39. The molecule has 2 N–H and O–H groups in total. The average molecular weight is 317 g/mol. The Morgan fingerprint density at radius 3 is 2.48 bits per heavy atom. The lowest BCUT2D eigenvalue weighted by Crippen LogP contribution is -2.11. The van der Waals surface area contributed by atoms with Gasteiger partial charge in [0, 0.05) is 0 Å². The molecule has 1 heterocycles. The number of rotatable bonds is 3. The molecule has 0 radical (unpaired) electrons. The maximum atomic E-state index is 12.9. The molecule has 110 valence electrons. The maximum absolute atomic E-state index is 12.9. The van der Waals surface area contributed by atoms with Crippen molar-refractivity contribution in [1.82, 2.24) is 4.98 Å². The molecule has 1 aromatic heterocycles. The Morgan fingerprint density at radius 2 is 1.86 bits per heavy atom. The van der Waals surface area contributed by atoms with Crippen LogP contribution in [0.1, 0.15) is 15.9 Å². The molecule has 2 rings (SSSR count). The standard InChI is InChI=1S/C13H8ClF3N2O2/c14-10-6-5-7(12(20)21)11(19-10)18-9-4-2-1-3-8(9)13(15,16)17/h1-6H,(H,18,19)(H,20,21). The lowest BCUT2D eigenvalue weighted by atomic mass is 10.1. The SMILES string of the molecule is O=C(O)c1ccc(Cl)nc1Nc1ccccc1C(F)(F)F. The van der Waals surface area contributed by atoms with Gasteiger partial charge in [-0.1, -0.05) is 23.7 Å². The van der Waals surface area contributed by atoms with Crippen molar-refractivity contribution in [3.63, 3.8) is 0 Å². The van der Waals surface area contributed by atoms with Crippen LogP contribution in [-0.2, 0) is 6.18 Å². The highest BCUT2D eigenvalue weighted by atomic mass is 35.5. The van der Waals surface area contributed by atoms with Crippen LogP contribution in [-0.4, -0.2) is 16.1 Å². The van der Waals surface area contributed by atoms with Gasteiger partial charge in [0.1, 0.15) is 16.5 Å². The van der Waals surface area contributed by atoms with Crippen molar-refractivity contribution in [2.24, 2.45) is 0 Å². The summed E-state index contributed by atoms with van der Waals surface area (Å²) in [4.78, 5) is 14.8. The minimum Gasteiger partial charge on any atom is -0.478 e. The molecular formula is C13H8ClF3N2O2. The number of halogens is 4. The van der Waals surface area contributed by atoms with Gasteiger partial charge in [0.2, 0.25) is 0 Å². The highest BCUT2D eigenvalue weighted by molar-refractivity contribution is 6.29. The van der Waals surface area contributed by atoms with E-state index in [1.807, 2.05) is 0 Å². The molecule has 0 spiro atoms. The first kappa shape index (κ1) is 15.1. The van der Waals surface area contributed by atoms with Gasteiger partial charge in [0.15, 0.2) is 0 Å². The maximum Gasteiger partial charge on any atom is 0.418 e. The molecule has 0 amide bonds. The third-order valence-electron chi connectivity index (χ3n) is 2.58. The molecule has 0 aliphatic carbocycles. The number of nitrogens with one attached hydrogen (secondary N) is 1. The van der Waals surface area contributed by atoms with Crippen molar-refractivity contribution in [1.29, 1.82) is 0 Å². The molecule has 0 unspecified atom stereocenters. The van der Waals surface area contributed by atoms with Gasteiger partial charge in [-0.15, -0.1) is 0 Å². The molecule has 0 saturated heterocycles. The van der Waals surface area contributed by atoms with Gasteiger partial charge in [0.05, 0.1) is 11.3 Å². The first-order valence-corrected chi connectivity index (χ1v) is 6.00. The zero-order valence-electron chi connectivity index (χ0n) is 10.3. The number of aromatic nitrogens is 1. The number of para-hydroxylation sites is 1. The van der Waals surface area contributed by atoms with Crippen LogP contribution < -0.4 is 5.32 Å². The number of anilines is 2. The van der Waals surface area contributed by atoms with E-state index in [1.54, 1.807) is 0 Å². The van der Waals surface area contributed by atoms with Crippen LogP contribution in [0.15, 0.2) is 36.4 Å². The molecule has 0 aliphatic heterocycles. The predicted octanol–water partition coefficient (Wildman–Crippen LogP) is 4.20. The highest BCUT2D eigenvalue weighted by Gasteiger charge is 2.33. The highest BCUT2D eigenvalue weighted by Crippen LogP contribution is 2.36. The summed E-state index contributed by atoms with van der Waals surface area (Å²) in [6.07, 6.45) is -4.58. The first-order chi connectivity index (χ1) is 9.79. The van der Waals surface area contributed by atoms with Crippen LogP contribution in [0.2, 0.25) is 5.15 Å². The number of carboxylic acids is 1. The van der Waals surface area contributed by atoms with Gasteiger partial charge in [-0.05, 0) is 24.3 Å². The number of pyridine rings is 1. The summed E-state index contributed by atoms with van der Waals surface area (Å²) in [5.41, 5.74) is -1.51. The number of alkyl halides is 3. The normalized spacial score (nSPS) is 11.2. The summed E-state index contributed by atoms with van der Waals surface area (Å²) in [5.74, 6) is -1.59. The van der Waals surface area contributed by atoms with E-state index in [1.165, 1.54) is 24.3 Å². The molecule has 0 atom stereocenters. The van der Waals surface area contributed by atoms with Gasteiger partial charge in [-0.25, -0.2) is 9.78 Å². The van der Waals surface area contributed by atoms with Gasteiger partial charge in [-0.2, -0.15) is 13.2 Å². The largest absolute Gasteiger partial charge is 0.478 e. The zero-order chi connectivity index (χ0) is 15.6. The quantitative estimate of drug-likeness (QED) is 0.833. The molecule has 0 saturated carbocycles. The molecule has 0 aliphatic rings. The number of carbonyl (C=O) groups is 1. The number of hydrogen-bond acceptors (Lipinski definition) is 3. The van der Waals surface area contributed by atoms with Crippen molar-refractivity contribution in [2.45, 2.75) is 6.18 Å². The molecule has 4 nitrogen and oxygen atoms in total.